The molecule has 0 heterocycles. The molecule has 0 unspecified atom stereocenters. The average molecular weight is 262 g/mol. The number of likely N-dealkylation sites (N-methyl/N-ethyl adjacent to an activating group) is 1. The van der Waals surface area contributed by atoms with Gasteiger partial charge in [0.15, 0.2) is 5.96 Å². The van der Waals surface area contributed by atoms with Crippen molar-refractivity contribution in [2.45, 2.75) is 27.2 Å². The van der Waals surface area contributed by atoms with E-state index in [1.165, 1.54) is 12.0 Å². The molecule has 1 aromatic carbocycles. The lowest BCUT2D eigenvalue weighted by Gasteiger charge is -2.18. The van der Waals surface area contributed by atoms with Gasteiger partial charge in [-0.15, -0.1) is 0 Å². The first-order chi connectivity index (χ1) is 9.15. The van der Waals surface area contributed by atoms with E-state index in [1.807, 2.05) is 12.1 Å². The molecule has 1 rings (SSSR count). The lowest BCUT2D eigenvalue weighted by molar-refractivity contribution is 0.297. The Balaban J connectivity index is 2.40. The van der Waals surface area contributed by atoms with Gasteiger partial charge in [-0.1, -0.05) is 26.0 Å². The summed E-state index contributed by atoms with van der Waals surface area (Å²) in [4.78, 5) is 6.74. The van der Waals surface area contributed by atoms with Crippen LogP contribution in [0.5, 0.6) is 0 Å². The fourth-order valence-corrected chi connectivity index (χ4v) is 1.97. The van der Waals surface area contributed by atoms with Gasteiger partial charge in [-0.3, -0.25) is 4.99 Å². The molecule has 0 spiro atoms. The Hall–Kier alpha value is -1.55. The first-order valence-corrected chi connectivity index (χ1v) is 7.01. The molecule has 1 aromatic rings. The van der Waals surface area contributed by atoms with Gasteiger partial charge < -0.3 is 16.0 Å². The van der Waals surface area contributed by atoms with Gasteiger partial charge in [0, 0.05) is 12.2 Å². The molecule has 0 aliphatic rings. The van der Waals surface area contributed by atoms with Crippen LogP contribution in [0.1, 0.15) is 25.8 Å². The highest BCUT2D eigenvalue weighted by Gasteiger charge is 2.00. The third kappa shape index (κ3) is 6.25. The number of aliphatic imine (C=N–C) groups is 1. The summed E-state index contributed by atoms with van der Waals surface area (Å²) >= 11 is 0. The van der Waals surface area contributed by atoms with Crippen molar-refractivity contribution in [3.8, 4) is 0 Å². The molecule has 4 heteroatoms. The van der Waals surface area contributed by atoms with Gasteiger partial charge in [0.25, 0.3) is 0 Å². The fourth-order valence-electron chi connectivity index (χ4n) is 1.97. The van der Waals surface area contributed by atoms with Crippen LogP contribution in [0.2, 0.25) is 0 Å². The highest BCUT2D eigenvalue weighted by molar-refractivity contribution is 5.92. The largest absolute Gasteiger partial charge is 0.370 e. The molecular weight excluding hydrogens is 236 g/mol. The van der Waals surface area contributed by atoms with E-state index >= 15 is 0 Å². The minimum Gasteiger partial charge on any atom is -0.370 e. The Morgan fingerprint density at radius 2 is 2.11 bits per heavy atom. The van der Waals surface area contributed by atoms with Gasteiger partial charge in [-0.2, -0.15) is 0 Å². The first-order valence-electron chi connectivity index (χ1n) is 7.01. The van der Waals surface area contributed by atoms with Gasteiger partial charge in [0.2, 0.25) is 0 Å². The summed E-state index contributed by atoms with van der Waals surface area (Å²) in [6.07, 6.45) is 1.18. The van der Waals surface area contributed by atoms with Crippen molar-refractivity contribution in [1.82, 2.24) is 4.90 Å². The summed E-state index contributed by atoms with van der Waals surface area (Å²) < 4.78 is 0. The van der Waals surface area contributed by atoms with Crippen LogP contribution in [0.4, 0.5) is 5.69 Å². The minimum absolute atomic E-state index is 0.484. The second-order valence-electron chi connectivity index (χ2n) is 4.70. The fraction of sp³-hybridized carbons (Fsp3) is 0.533. The van der Waals surface area contributed by atoms with Crippen LogP contribution < -0.4 is 11.1 Å². The van der Waals surface area contributed by atoms with Crippen LogP contribution in [-0.4, -0.2) is 37.0 Å². The molecule has 3 N–H and O–H groups in total. The highest BCUT2D eigenvalue weighted by Crippen LogP contribution is 2.08. The van der Waals surface area contributed by atoms with Crippen molar-refractivity contribution < 1.29 is 0 Å². The Morgan fingerprint density at radius 3 is 2.74 bits per heavy atom. The van der Waals surface area contributed by atoms with Crippen molar-refractivity contribution in [3.63, 3.8) is 0 Å². The van der Waals surface area contributed by atoms with E-state index in [-0.39, 0.29) is 0 Å². The Bertz CT molecular complexity index is 401. The molecule has 0 amide bonds. The molecule has 0 atom stereocenters. The Labute approximate surface area is 116 Å². The number of benzene rings is 1. The van der Waals surface area contributed by atoms with E-state index in [9.17, 15) is 0 Å². The van der Waals surface area contributed by atoms with E-state index < -0.39 is 0 Å². The van der Waals surface area contributed by atoms with Crippen molar-refractivity contribution in [1.29, 1.82) is 0 Å². The zero-order valence-corrected chi connectivity index (χ0v) is 12.3. The van der Waals surface area contributed by atoms with Gasteiger partial charge in [0.05, 0.1) is 6.54 Å². The third-order valence-electron chi connectivity index (χ3n) is 2.98. The summed E-state index contributed by atoms with van der Waals surface area (Å²) in [5, 5.41) is 3.12. The van der Waals surface area contributed by atoms with Crippen LogP contribution in [0, 0.1) is 6.92 Å². The summed E-state index contributed by atoms with van der Waals surface area (Å²) in [5.74, 6) is 0.484. The van der Waals surface area contributed by atoms with Crippen LogP contribution in [0.25, 0.3) is 0 Å². The monoisotopic (exact) mass is 262 g/mol. The van der Waals surface area contributed by atoms with Crippen molar-refractivity contribution in [2.24, 2.45) is 10.7 Å². The second-order valence-corrected chi connectivity index (χ2v) is 4.70. The number of hydrogen-bond donors (Lipinski definition) is 2. The van der Waals surface area contributed by atoms with E-state index in [4.69, 9.17) is 5.73 Å². The molecule has 19 heavy (non-hydrogen) atoms. The average Bonchev–Trinajstić information content (AvgIpc) is 2.37. The van der Waals surface area contributed by atoms with Crippen LogP contribution in [-0.2, 0) is 0 Å². The van der Waals surface area contributed by atoms with E-state index in [1.54, 1.807) is 0 Å². The number of nitrogens with two attached hydrogens (primary N) is 1. The molecule has 106 valence electrons. The van der Waals surface area contributed by atoms with Gasteiger partial charge >= 0.3 is 0 Å². The van der Waals surface area contributed by atoms with Crippen LogP contribution in [0.3, 0.4) is 0 Å². The molecule has 0 saturated heterocycles. The van der Waals surface area contributed by atoms with Gasteiger partial charge in [-0.05, 0) is 44.1 Å². The zero-order chi connectivity index (χ0) is 14.1. The number of nitrogens with one attached hydrogen (secondary N) is 1. The number of rotatable bonds is 7. The zero-order valence-electron chi connectivity index (χ0n) is 12.3. The smallest absolute Gasteiger partial charge is 0.193 e. The number of nitrogens with zero attached hydrogens (tertiary/aromatic N) is 2. The molecule has 0 fully saturated rings. The molecule has 0 radical (unpaired) electrons. The molecule has 0 saturated carbocycles. The molecular formula is C15H26N4. The quantitative estimate of drug-likeness (QED) is 0.586. The number of hydrogen-bond acceptors (Lipinski definition) is 2. The predicted octanol–water partition coefficient (Wildman–Crippen LogP) is 2.45. The van der Waals surface area contributed by atoms with Crippen LogP contribution >= 0.6 is 0 Å². The SMILES string of the molecule is CCCN(CC)CCN=C(N)Nc1cccc(C)c1. The lowest BCUT2D eigenvalue weighted by Crippen LogP contribution is -2.29. The van der Waals surface area contributed by atoms with Gasteiger partial charge in [-0.25, -0.2) is 0 Å². The first kappa shape index (κ1) is 15.5. The topological polar surface area (TPSA) is 53.6 Å². The van der Waals surface area contributed by atoms with E-state index in [0.29, 0.717) is 5.96 Å². The number of aryl methyl sites for hydroxylation is 1. The summed E-state index contributed by atoms with van der Waals surface area (Å²) in [6.45, 7) is 10.3. The van der Waals surface area contributed by atoms with E-state index in [0.717, 1.165) is 31.9 Å². The molecule has 0 aliphatic carbocycles. The highest BCUT2D eigenvalue weighted by atomic mass is 15.1. The van der Waals surface area contributed by atoms with E-state index in [2.05, 4.69) is 48.1 Å². The maximum Gasteiger partial charge on any atom is 0.193 e. The molecule has 0 aromatic heterocycles. The maximum absolute atomic E-state index is 5.88. The standard InChI is InChI=1S/C15H26N4/c1-4-10-19(5-2)11-9-17-15(16)18-14-8-6-7-13(3)12-14/h6-8,12H,4-5,9-11H2,1-3H3,(H3,16,17,18). The van der Waals surface area contributed by atoms with Crippen LogP contribution in [0.15, 0.2) is 29.3 Å². The van der Waals surface area contributed by atoms with Crippen molar-refractivity contribution >= 4 is 11.6 Å². The third-order valence-corrected chi connectivity index (χ3v) is 2.98. The maximum atomic E-state index is 5.88. The lowest BCUT2D eigenvalue weighted by atomic mass is 10.2. The molecule has 0 aliphatic heterocycles. The normalized spacial score (nSPS) is 11.9. The number of anilines is 1. The summed E-state index contributed by atoms with van der Waals surface area (Å²) in [6, 6.07) is 8.11. The summed E-state index contributed by atoms with van der Waals surface area (Å²) in [7, 11) is 0. The second kappa shape index (κ2) is 8.53. The Morgan fingerprint density at radius 1 is 1.32 bits per heavy atom. The van der Waals surface area contributed by atoms with Crippen molar-refractivity contribution in [2.75, 3.05) is 31.5 Å². The molecule has 4 nitrogen and oxygen atoms in total. The van der Waals surface area contributed by atoms with Gasteiger partial charge in [0.1, 0.15) is 0 Å². The minimum atomic E-state index is 0.484. The summed E-state index contributed by atoms with van der Waals surface area (Å²) in [5.41, 5.74) is 8.07. The predicted molar refractivity (Wildman–Crippen MR) is 83.7 cm³/mol. The van der Waals surface area contributed by atoms with Crippen molar-refractivity contribution in [3.05, 3.63) is 29.8 Å². The number of guanidine groups is 1. The Kier molecular flexibility index (Phi) is 6.97. The molecule has 0 bridgehead atoms.